The Balaban J connectivity index is 1.26. The molecule has 0 radical (unpaired) electrons. The highest BCUT2D eigenvalue weighted by atomic mass is 32.1. The maximum absolute atomic E-state index is 12.6. The molecular weight excluding hydrogens is 384 g/mol. The first kappa shape index (κ1) is 17.9. The number of nitrogens with zero attached hydrogens (tertiary/aromatic N) is 6. The van der Waals surface area contributed by atoms with Crippen LogP contribution in [0.5, 0.6) is 0 Å². The van der Waals surface area contributed by atoms with E-state index in [0.29, 0.717) is 18.2 Å². The second-order valence-electron chi connectivity index (χ2n) is 7.27. The third kappa shape index (κ3) is 3.63. The molecule has 1 aliphatic heterocycles. The number of fused-ring (bicyclic) bond motifs is 1. The molecule has 5 rings (SSSR count). The molecule has 4 aromatic heterocycles. The van der Waals surface area contributed by atoms with E-state index in [1.807, 2.05) is 18.2 Å². The highest BCUT2D eigenvalue weighted by molar-refractivity contribution is 7.17. The average Bonchev–Trinajstić information content (AvgIpc) is 3.25. The third-order valence-corrected chi connectivity index (χ3v) is 6.33. The summed E-state index contributed by atoms with van der Waals surface area (Å²) in [4.78, 5) is 32.3. The maximum Gasteiger partial charge on any atom is 0.253 e. The van der Waals surface area contributed by atoms with Crippen LogP contribution in [-0.2, 0) is 6.54 Å². The standard InChI is InChI=1S/C21H20N6OS/c28-19-10-18(16-2-1-6-22-11-16)25-14-27(19)12-15-3-7-26(8-4-15)21-20-17(5-9-29-20)23-13-24-21/h1-2,5-6,9-11,13-15H,3-4,7-8,12H2. The molecule has 5 heterocycles. The quantitative estimate of drug-likeness (QED) is 0.520. The normalized spacial score (nSPS) is 15.1. The second kappa shape index (κ2) is 7.71. The summed E-state index contributed by atoms with van der Waals surface area (Å²) in [6, 6.07) is 7.39. The Hall–Kier alpha value is -3.13. The van der Waals surface area contributed by atoms with Gasteiger partial charge in [0.15, 0.2) is 0 Å². The van der Waals surface area contributed by atoms with E-state index < -0.39 is 0 Å². The van der Waals surface area contributed by atoms with E-state index in [4.69, 9.17) is 0 Å². The van der Waals surface area contributed by atoms with Gasteiger partial charge in [-0.1, -0.05) is 0 Å². The van der Waals surface area contributed by atoms with Crippen molar-refractivity contribution in [1.82, 2.24) is 24.5 Å². The van der Waals surface area contributed by atoms with Crippen molar-refractivity contribution < 1.29 is 0 Å². The number of hydrogen-bond donors (Lipinski definition) is 0. The average molecular weight is 404 g/mol. The number of thiophene rings is 1. The molecule has 0 unspecified atom stereocenters. The zero-order valence-corrected chi connectivity index (χ0v) is 16.6. The molecule has 1 saturated heterocycles. The van der Waals surface area contributed by atoms with Crippen molar-refractivity contribution in [2.45, 2.75) is 19.4 Å². The summed E-state index contributed by atoms with van der Waals surface area (Å²) in [5.74, 6) is 1.48. The lowest BCUT2D eigenvalue weighted by Gasteiger charge is -2.33. The van der Waals surface area contributed by atoms with Crippen molar-refractivity contribution >= 4 is 27.4 Å². The van der Waals surface area contributed by atoms with Gasteiger partial charge in [0.25, 0.3) is 5.56 Å². The minimum Gasteiger partial charge on any atom is -0.355 e. The number of aromatic nitrogens is 5. The fourth-order valence-corrected chi connectivity index (χ4v) is 4.70. The monoisotopic (exact) mass is 404 g/mol. The van der Waals surface area contributed by atoms with Gasteiger partial charge < -0.3 is 4.90 Å². The molecule has 4 aromatic rings. The topological polar surface area (TPSA) is 76.8 Å². The molecule has 8 heteroatoms. The summed E-state index contributed by atoms with van der Waals surface area (Å²) in [6.07, 6.45) is 8.78. The van der Waals surface area contributed by atoms with Gasteiger partial charge in [-0.15, -0.1) is 11.3 Å². The fraction of sp³-hybridized carbons (Fsp3) is 0.286. The number of anilines is 1. The third-order valence-electron chi connectivity index (χ3n) is 5.43. The van der Waals surface area contributed by atoms with Crippen LogP contribution < -0.4 is 10.5 Å². The van der Waals surface area contributed by atoms with Gasteiger partial charge in [-0.3, -0.25) is 14.3 Å². The van der Waals surface area contributed by atoms with E-state index in [-0.39, 0.29) is 5.56 Å². The number of rotatable bonds is 4. The summed E-state index contributed by atoms with van der Waals surface area (Å²) in [5.41, 5.74) is 2.51. The van der Waals surface area contributed by atoms with E-state index in [1.54, 1.807) is 47.0 Å². The second-order valence-corrected chi connectivity index (χ2v) is 8.19. The van der Waals surface area contributed by atoms with E-state index in [9.17, 15) is 4.79 Å². The molecule has 0 aromatic carbocycles. The van der Waals surface area contributed by atoms with Crippen LogP contribution in [0.3, 0.4) is 0 Å². The van der Waals surface area contributed by atoms with Crippen LogP contribution in [0.4, 0.5) is 5.82 Å². The van der Waals surface area contributed by atoms with Crippen molar-refractivity contribution in [2.24, 2.45) is 5.92 Å². The first-order valence-electron chi connectivity index (χ1n) is 9.68. The molecule has 0 saturated carbocycles. The number of piperidine rings is 1. The Morgan fingerprint density at radius 3 is 2.83 bits per heavy atom. The van der Waals surface area contributed by atoms with Gasteiger partial charge >= 0.3 is 0 Å². The van der Waals surface area contributed by atoms with Crippen LogP contribution in [0.15, 0.2) is 59.5 Å². The highest BCUT2D eigenvalue weighted by Gasteiger charge is 2.22. The molecule has 1 aliphatic rings. The molecule has 0 aliphatic carbocycles. The molecule has 0 spiro atoms. The van der Waals surface area contributed by atoms with E-state index in [0.717, 1.165) is 47.5 Å². The van der Waals surface area contributed by atoms with E-state index in [2.05, 4.69) is 30.2 Å². The minimum atomic E-state index is -0.0163. The summed E-state index contributed by atoms with van der Waals surface area (Å²) in [6.45, 7) is 2.57. The first-order chi connectivity index (χ1) is 14.3. The van der Waals surface area contributed by atoms with Gasteiger partial charge in [0.1, 0.15) is 12.1 Å². The molecule has 7 nitrogen and oxygen atoms in total. The Morgan fingerprint density at radius 2 is 2.03 bits per heavy atom. The summed E-state index contributed by atoms with van der Waals surface area (Å²) in [5, 5.41) is 2.06. The molecule has 0 bridgehead atoms. The highest BCUT2D eigenvalue weighted by Crippen LogP contribution is 2.31. The molecule has 0 amide bonds. The molecule has 29 heavy (non-hydrogen) atoms. The molecule has 1 fully saturated rings. The molecule has 0 atom stereocenters. The predicted molar refractivity (Wildman–Crippen MR) is 114 cm³/mol. The lowest BCUT2D eigenvalue weighted by atomic mass is 9.96. The molecule has 0 N–H and O–H groups in total. The van der Waals surface area contributed by atoms with Crippen LogP contribution in [0.25, 0.3) is 21.5 Å². The van der Waals surface area contributed by atoms with Crippen LogP contribution in [0.1, 0.15) is 12.8 Å². The number of pyridine rings is 1. The van der Waals surface area contributed by atoms with Crippen molar-refractivity contribution in [3.63, 3.8) is 0 Å². The Labute approximate surface area is 171 Å². The largest absolute Gasteiger partial charge is 0.355 e. The van der Waals surface area contributed by atoms with Crippen LogP contribution in [0.2, 0.25) is 0 Å². The summed E-state index contributed by atoms with van der Waals surface area (Å²) in [7, 11) is 0. The van der Waals surface area contributed by atoms with Crippen molar-refractivity contribution in [3.8, 4) is 11.3 Å². The van der Waals surface area contributed by atoms with Crippen molar-refractivity contribution in [2.75, 3.05) is 18.0 Å². The van der Waals surface area contributed by atoms with Gasteiger partial charge in [-0.05, 0) is 42.3 Å². The van der Waals surface area contributed by atoms with Crippen molar-refractivity contribution in [3.05, 3.63) is 65.0 Å². The zero-order valence-electron chi connectivity index (χ0n) is 15.8. The maximum atomic E-state index is 12.6. The fourth-order valence-electron chi connectivity index (χ4n) is 3.84. The smallest absolute Gasteiger partial charge is 0.253 e. The molecule has 146 valence electrons. The lowest BCUT2D eigenvalue weighted by Crippen LogP contribution is -2.36. The lowest BCUT2D eigenvalue weighted by molar-refractivity contribution is 0.350. The van der Waals surface area contributed by atoms with Gasteiger partial charge in [0.2, 0.25) is 0 Å². The van der Waals surface area contributed by atoms with Crippen molar-refractivity contribution in [1.29, 1.82) is 0 Å². The Morgan fingerprint density at radius 1 is 1.14 bits per heavy atom. The first-order valence-corrected chi connectivity index (χ1v) is 10.6. The SMILES string of the molecule is O=c1cc(-c2cccnc2)ncn1CC1CCN(c2ncnc3ccsc23)CC1. The summed E-state index contributed by atoms with van der Waals surface area (Å²) < 4.78 is 2.87. The van der Waals surface area contributed by atoms with Crippen LogP contribution in [0, 0.1) is 5.92 Å². The van der Waals surface area contributed by atoms with Crippen LogP contribution >= 0.6 is 11.3 Å². The van der Waals surface area contributed by atoms with E-state index >= 15 is 0 Å². The van der Waals surface area contributed by atoms with Gasteiger partial charge in [0, 0.05) is 43.7 Å². The minimum absolute atomic E-state index is 0.0163. The Bertz CT molecular complexity index is 1180. The van der Waals surface area contributed by atoms with Gasteiger partial charge in [0.05, 0.1) is 22.2 Å². The zero-order chi connectivity index (χ0) is 19.6. The van der Waals surface area contributed by atoms with Gasteiger partial charge in [-0.2, -0.15) is 0 Å². The summed E-state index contributed by atoms with van der Waals surface area (Å²) >= 11 is 1.69. The molecular formula is C21H20N6OS. The van der Waals surface area contributed by atoms with Gasteiger partial charge in [-0.25, -0.2) is 15.0 Å². The Kier molecular flexibility index (Phi) is 4.77. The predicted octanol–water partition coefficient (Wildman–Crippen LogP) is 3.23. The van der Waals surface area contributed by atoms with E-state index in [1.165, 1.54) is 0 Å². The van der Waals surface area contributed by atoms with Crippen LogP contribution in [-0.4, -0.2) is 37.6 Å². The number of hydrogen-bond acceptors (Lipinski definition) is 7.